The van der Waals surface area contributed by atoms with Crippen LogP contribution in [0.15, 0.2) is 34.1 Å². The van der Waals surface area contributed by atoms with Crippen LogP contribution in [-0.2, 0) is 33.1 Å². The third-order valence-electron chi connectivity index (χ3n) is 4.40. The second-order valence-corrected chi connectivity index (χ2v) is 8.91. The summed E-state index contributed by atoms with van der Waals surface area (Å²) in [5.41, 5.74) is 0.834. The molecule has 0 fully saturated rings. The van der Waals surface area contributed by atoms with E-state index >= 15 is 0 Å². The molecule has 6 nitrogen and oxygen atoms in total. The van der Waals surface area contributed by atoms with Gasteiger partial charge in [-0.1, -0.05) is 51.0 Å². The zero-order valence-electron chi connectivity index (χ0n) is 16.8. The molecule has 0 radical (unpaired) electrons. The number of rotatable bonds is 8. The Kier molecular flexibility index (Phi) is 12.0. The molecule has 0 spiro atoms. The molecular weight excluding hydrogens is 422 g/mol. The second-order valence-electron chi connectivity index (χ2n) is 6.28. The third kappa shape index (κ3) is 6.51. The minimum atomic E-state index is -5.16. The molecule has 0 aliphatic heterocycles. The molecule has 0 heterocycles. The molecule has 10 heteroatoms. The first-order chi connectivity index (χ1) is 12.1. The van der Waals surface area contributed by atoms with E-state index in [0.717, 1.165) is 19.3 Å². The summed E-state index contributed by atoms with van der Waals surface area (Å²) in [6.07, 6.45) is 3.67. The summed E-state index contributed by atoms with van der Waals surface area (Å²) in [4.78, 5) is -1.76. The van der Waals surface area contributed by atoms with Gasteiger partial charge in [-0.2, -0.15) is 0 Å². The summed E-state index contributed by atoms with van der Waals surface area (Å²) >= 11 is 0. The van der Waals surface area contributed by atoms with E-state index in [0.29, 0.717) is 23.8 Å². The van der Waals surface area contributed by atoms with E-state index in [1.807, 2.05) is 13.8 Å². The third-order valence-corrected chi connectivity index (χ3v) is 6.41. The monoisotopic (exact) mass is 444 g/mol. The van der Waals surface area contributed by atoms with Crippen LogP contribution in [0.1, 0.15) is 50.7 Å². The standard InChI is InChI=1S/C18H24O6S2.2Na/c1-3-5-9-13-14-11-7-8-12-16(14)18(26(22,23)24)17(25(19,20)21)15(13)10-6-4-2;;/h7-8,11-12H,3-6,9-10H2,1-2H3,(H,19,20,21)(H,22,23,24);;/q;2*+1/p-2. The summed E-state index contributed by atoms with van der Waals surface area (Å²) in [6, 6.07) is 6.28. The topological polar surface area (TPSA) is 114 Å². The average molecular weight is 444 g/mol. The van der Waals surface area contributed by atoms with E-state index in [1.54, 1.807) is 12.1 Å². The summed E-state index contributed by atoms with van der Waals surface area (Å²) in [6.45, 7) is 3.89. The molecule has 0 unspecified atom stereocenters. The Labute approximate surface area is 211 Å². The van der Waals surface area contributed by atoms with E-state index in [2.05, 4.69) is 0 Å². The molecule has 144 valence electrons. The van der Waals surface area contributed by atoms with Crippen LogP contribution in [0.5, 0.6) is 0 Å². The molecule has 2 aromatic rings. The Morgan fingerprint density at radius 3 is 1.57 bits per heavy atom. The molecule has 0 N–H and O–H groups in total. The van der Waals surface area contributed by atoms with Crippen molar-refractivity contribution < 1.29 is 85.1 Å². The van der Waals surface area contributed by atoms with Gasteiger partial charge < -0.3 is 9.11 Å². The van der Waals surface area contributed by atoms with E-state index in [9.17, 15) is 25.9 Å². The molecule has 0 saturated carbocycles. The van der Waals surface area contributed by atoms with Crippen molar-refractivity contribution in [2.45, 2.75) is 62.2 Å². The Morgan fingerprint density at radius 1 is 0.714 bits per heavy atom. The van der Waals surface area contributed by atoms with Crippen LogP contribution in [0.4, 0.5) is 0 Å². The van der Waals surface area contributed by atoms with Crippen molar-refractivity contribution in [3.05, 3.63) is 35.4 Å². The largest absolute Gasteiger partial charge is 1.00 e. The Hall–Kier alpha value is 0.520. The van der Waals surface area contributed by atoms with Crippen LogP contribution in [0, 0.1) is 0 Å². The van der Waals surface area contributed by atoms with Crippen LogP contribution in [0.2, 0.25) is 0 Å². The summed E-state index contributed by atoms with van der Waals surface area (Å²) < 4.78 is 71.7. The SMILES string of the molecule is CCCCc1c(S(=O)(=O)[O-])c(S(=O)(=O)[O-])c2ccccc2c1CCCC.[Na+].[Na+]. The maximum atomic E-state index is 12.0. The molecule has 0 atom stereocenters. The predicted molar refractivity (Wildman–Crippen MR) is 97.1 cm³/mol. The molecule has 0 saturated heterocycles. The molecule has 0 bridgehead atoms. The summed E-state index contributed by atoms with van der Waals surface area (Å²) in [7, 11) is -10.3. The van der Waals surface area contributed by atoms with E-state index in [-0.39, 0.29) is 76.5 Å². The van der Waals surface area contributed by atoms with Gasteiger partial charge in [0.15, 0.2) is 0 Å². The predicted octanol–water partition coefficient (Wildman–Crippen LogP) is -2.66. The molecule has 0 aliphatic carbocycles. The summed E-state index contributed by atoms with van der Waals surface area (Å²) in [5.74, 6) is 0. The summed E-state index contributed by atoms with van der Waals surface area (Å²) in [5, 5.41) is 0.525. The van der Waals surface area contributed by atoms with Crippen molar-refractivity contribution in [1.29, 1.82) is 0 Å². The van der Waals surface area contributed by atoms with Crippen LogP contribution in [0.3, 0.4) is 0 Å². The van der Waals surface area contributed by atoms with E-state index in [1.165, 1.54) is 12.1 Å². The maximum absolute atomic E-state index is 12.0. The number of benzene rings is 2. The van der Waals surface area contributed by atoms with Gasteiger partial charge in [-0.3, -0.25) is 0 Å². The van der Waals surface area contributed by atoms with Crippen LogP contribution < -0.4 is 59.1 Å². The molecular formula is C18H22Na2O6S2. The first-order valence-electron chi connectivity index (χ1n) is 8.61. The zero-order valence-corrected chi connectivity index (χ0v) is 22.5. The molecule has 0 aromatic heterocycles. The van der Waals surface area contributed by atoms with Crippen molar-refractivity contribution in [2.24, 2.45) is 0 Å². The molecule has 2 rings (SSSR count). The van der Waals surface area contributed by atoms with Gasteiger partial charge in [0.25, 0.3) is 0 Å². The second kappa shape index (κ2) is 11.8. The molecule has 2 aromatic carbocycles. The molecule has 28 heavy (non-hydrogen) atoms. The van der Waals surface area contributed by atoms with Gasteiger partial charge in [0.2, 0.25) is 0 Å². The number of aryl methyl sites for hydroxylation is 1. The number of hydrogen-bond donors (Lipinski definition) is 0. The minimum absolute atomic E-state index is 0. The van der Waals surface area contributed by atoms with Crippen LogP contribution in [0.25, 0.3) is 10.8 Å². The van der Waals surface area contributed by atoms with Crippen LogP contribution in [-0.4, -0.2) is 25.9 Å². The van der Waals surface area contributed by atoms with Gasteiger partial charge in [0.05, 0.1) is 9.79 Å². The Balaban J connectivity index is 0.00000364. The Bertz CT molecular complexity index is 1020. The first-order valence-corrected chi connectivity index (χ1v) is 11.4. The number of hydrogen-bond acceptors (Lipinski definition) is 6. The normalized spacial score (nSPS) is 11.7. The smallest absolute Gasteiger partial charge is 0.744 e. The van der Waals surface area contributed by atoms with Crippen molar-refractivity contribution in [3.63, 3.8) is 0 Å². The average Bonchev–Trinajstić information content (AvgIpc) is 2.55. The fourth-order valence-electron chi connectivity index (χ4n) is 3.27. The van der Waals surface area contributed by atoms with Crippen molar-refractivity contribution in [3.8, 4) is 0 Å². The number of unbranched alkanes of at least 4 members (excludes halogenated alkanes) is 2. The fourth-order valence-corrected chi connectivity index (χ4v) is 5.55. The van der Waals surface area contributed by atoms with Gasteiger partial charge in [0, 0.05) is 5.39 Å². The van der Waals surface area contributed by atoms with E-state index in [4.69, 9.17) is 0 Å². The van der Waals surface area contributed by atoms with Crippen molar-refractivity contribution in [1.82, 2.24) is 0 Å². The van der Waals surface area contributed by atoms with Crippen molar-refractivity contribution >= 4 is 31.0 Å². The minimum Gasteiger partial charge on any atom is -0.744 e. The number of fused-ring (bicyclic) bond motifs is 1. The van der Waals surface area contributed by atoms with E-state index < -0.39 is 30.0 Å². The van der Waals surface area contributed by atoms with Gasteiger partial charge in [-0.15, -0.1) is 0 Å². The molecule has 0 amide bonds. The zero-order chi connectivity index (χ0) is 19.5. The van der Waals surface area contributed by atoms with Gasteiger partial charge in [0.1, 0.15) is 20.2 Å². The fraction of sp³-hybridized carbons (Fsp3) is 0.444. The molecule has 0 aliphatic rings. The van der Waals surface area contributed by atoms with Gasteiger partial charge in [-0.05, 0) is 42.2 Å². The van der Waals surface area contributed by atoms with Gasteiger partial charge >= 0.3 is 59.1 Å². The van der Waals surface area contributed by atoms with Gasteiger partial charge in [-0.25, -0.2) is 16.8 Å². The van der Waals surface area contributed by atoms with Crippen molar-refractivity contribution in [2.75, 3.05) is 0 Å². The maximum Gasteiger partial charge on any atom is 1.00 e. The Morgan fingerprint density at radius 2 is 1.14 bits per heavy atom. The quantitative estimate of drug-likeness (QED) is 0.324. The first kappa shape index (κ1) is 28.5. The van der Waals surface area contributed by atoms with Crippen LogP contribution >= 0.6 is 0 Å².